The smallest absolute Gasteiger partial charge is 0.490 e. The van der Waals surface area contributed by atoms with Crippen LogP contribution in [-0.4, -0.2) is 163 Å². The Morgan fingerprint density at radius 2 is 1.46 bits per heavy atom. The van der Waals surface area contributed by atoms with Crippen LogP contribution in [-0.2, 0) is 75.7 Å². The minimum absolute atomic E-state index is 0.00666. The summed E-state index contributed by atoms with van der Waals surface area (Å²) in [6, 6.07) is 0.915. The molecule has 0 radical (unpaired) electrons. The second-order valence-electron chi connectivity index (χ2n) is 16.3. The van der Waals surface area contributed by atoms with Gasteiger partial charge in [-0.15, -0.1) is 0 Å². The number of methoxy groups -OCH3 is 2. The van der Waals surface area contributed by atoms with Crippen LogP contribution in [0.15, 0.2) is 45.6 Å². The summed E-state index contributed by atoms with van der Waals surface area (Å²) in [5.41, 5.74) is 9.22. The van der Waals surface area contributed by atoms with E-state index in [4.69, 9.17) is 53.2 Å². The van der Waals surface area contributed by atoms with Crippen LogP contribution < -0.4 is 37.7 Å². The number of hydrogen-bond donors (Lipinski definition) is 10. The summed E-state index contributed by atoms with van der Waals surface area (Å²) in [5, 5.41) is 32.5. The first-order valence-electron chi connectivity index (χ1n) is 21.1. The van der Waals surface area contributed by atoms with Gasteiger partial charge < -0.3 is 79.1 Å². The number of H-pyrrole nitrogens is 2. The molecule has 3 fully saturated rings. The topological polar surface area (TPSA) is 519 Å². The highest BCUT2D eigenvalue weighted by atomic mass is 31.3. The van der Waals surface area contributed by atoms with Gasteiger partial charge in [-0.3, -0.25) is 46.9 Å². The minimum atomic E-state index is -6.19. The van der Waals surface area contributed by atoms with Gasteiger partial charge in [0.25, 0.3) is 24.9 Å². The molecule has 5 aromatic rings. The SMILES string of the molecule is COC[C@@H]1[C@@H](COP(=O)(O)OP(=O)(O)OP(=O)(O)OC[C@H]2O[C@@H](n3cnc4c(N)ncnc43)[C@H](OC)[C@@H]2OP(=O)([O-])OC[C@H]2O[C@@H](n3ccc(=O)[nH]c3=O)[C@H](O)[C@@H]2O)OC([n+]2cn(C)c3c(=O)[nH]c(N)nc32)[C@@H]1O. The van der Waals surface area contributed by atoms with Crippen molar-refractivity contribution in [2.75, 3.05) is 52.1 Å². The molecule has 0 bridgehead atoms. The number of aliphatic hydroxyl groups is 3. The van der Waals surface area contributed by atoms with Crippen LogP contribution in [0.25, 0.3) is 22.3 Å². The van der Waals surface area contributed by atoms with E-state index >= 15 is 0 Å². The first-order chi connectivity index (χ1) is 34.7. The lowest BCUT2D eigenvalue weighted by Gasteiger charge is -2.31. The lowest BCUT2D eigenvalue weighted by atomic mass is 9.99. The molecule has 16 atom stereocenters. The van der Waals surface area contributed by atoms with Gasteiger partial charge >= 0.3 is 34.8 Å². The van der Waals surface area contributed by atoms with Crippen molar-refractivity contribution in [3.63, 3.8) is 0 Å². The average molecular weight is 1130 g/mol. The van der Waals surface area contributed by atoms with Gasteiger partial charge in [0, 0.05) is 32.4 Å². The third-order valence-corrected chi connectivity index (χ3v) is 16.7. The molecule has 3 aliphatic heterocycles. The zero-order valence-electron chi connectivity index (χ0n) is 38.1. The Labute approximate surface area is 411 Å². The van der Waals surface area contributed by atoms with Crippen LogP contribution in [0.1, 0.15) is 18.7 Å². The van der Waals surface area contributed by atoms with Crippen molar-refractivity contribution in [1.29, 1.82) is 0 Å². The summed E-state index contributed by atoms with van der Waals surface area (Å²) < 4.78 is 114. The second-order valence-corrected chi connectivity index (χ2v) is 22.3. The maximum Gasteiger partial charge on any atom is 0.490 e. The third kappa shape index (κ3) is 11.7. The van der Waals surface area contributed by atoms with Crippen LogP contribution in [0.5, 0.6) is 0 Å². The molecule has 0 spiro atoms. The third-order valence-electron chi connectivity index (χ3n) is 11.5. The first-order valence-corrected chi connectivity index (χ1v) is 27.0. The summed E-state index contributed by atoms with van der Waals surface area (Å²) >= 11 is 0. The van der Waals surface area contributed by atoms with Gasteiger partial charge in [-0.25, -0.2) is 38.0 Å². The van der Waals surface area contributed by atoms with Crippen LogP contribution in [0.3, 0.4) is 0 Å². The number of aromatic amines is 2. The number of aliphatic hydroxyl groups excluding tert-OH is 3. The average Bonchev–Trinajstić information content (AvgIpc) is 4.10. The highest BCUT2D eigenvalue weighted by Gasteiger charge is 2.53. The number of phosphoric ester groups is 3. The molecule has 3 aliphatic rings. The fourth-order valence-corrected chi connectivity index (χ4v) is 12.7. The number of rotatable bonds is 21. The number of anilines is 2. The van der Waals surface area contributed by atoms with E-state index in [-0.39, 0.29) is 40.7 Å². The zero-order valence-corrected chi connectivity index (χ0v) is 41.7. The maximum atomic E-state index is 13.5. The van der Waals surface area contributed by atoms with Crippen LogP contribution in [0.4, 0.5) is 11.8 Å². The fraction of sp³-hybridized carbons (Fsp3) is 0.576. The zero-order chi connectivity index (χ0) is 53.8. The quantitative estimate of drug-likeness (QED) is 0.0244. The molecule has 3 saturated heterocycles. The molecule has 5 aromatic heterocycles. The Hall–Kier alpha value is -4.62. The van der Waals surface area contributed by atoms with Crippen LogP contribution in [0, 0.1) is 5.92 Å². The van der Waals surface area contributed by atoms with Gasteiger partial charge in [-0.05, 0) is 0 Å². The Balaban J connectivity index is 0.939. The highest BCUT2D eigenvalue weighted by Crippen LogP contribution is 2.68. The van der Waals surface area contributed by atoms with Gasteiger partial charge in [0.05, 0.1) is 45.9 Å². The molecule has 5 unspecified atom stereocenters. The molecular formula is C33H46N12O25P4. The summed E-state index contributed by atoms with van der Waals surface area (Å²) in [5.74, 6) is -1.41. The Kier molecular flexibility index (Phi) is 16.1. The van der Waals surface area contributed by atoms with Gasteiger partial charge in [0.15, 0.2) is 30.2 Å². The summed E-state index contributed by atoms with van der Waals surface area (Å²) in [4.78, 5) is 102. The molecule has 8 heterocycles. The van der Waals surface area contributed by atoms with Gasteiger partial charge in [0.1, 0.15) is 54.6 Å². The van der Waals surface area contributed by atoms with Crippen molar-refractivity contribution in [2.45, 2.75) is 67.5 Å². The Morgan fingerprint density at radius 1 is 0.797 bits per heavy atom. The largest absolute Gasteiger partial charge is 0.756 e. The number of nitrogens with one attached hydrogen (secondary N) is 2. The van der Waals surface area contributed by atoms with Crippen LogP contribution in [0.2, 0.25) is 0 Å². The van der Waals surface area contributed by atoms with Crippen LogP contribution >= 0.6 is 31.3 Å². The lowest BCUT2D eigenvalue weighted by Crippen LogP contribution is -2.45. The van der Waals surface area contributed by atoms with E-state index in [0.717, 1.165) is 32.0 Å². The van der Waals surface area contributed by atoms with Crippen molar-refractivity contribution in [1.82, 2.24) is 43.6 Å². The number of nitrogen functional groups attached to an aromatic ring is 2. The summed E-state index contributed by atoms with van der Waals surface area (Å²) in [6.45, 7) is -3.58. The number of nitrogens with zero attached hydrogens (tertiary/aromatic N) is 8. The van der Waals surface area contributed by atoms with Crippen molar-refractivity contribution in [3.8, 4) is 0 Å². The molecule has 0 saturated carbocycles. The van der Waals surface area contributed by atoms with E-state index in [1.165, 1.54) is 34.2 Å². The predicted molar refractivity (Wildman–Crippen MR) is 235 cm³/mol. The van der Waals surface area contributed by atoms with Gasteiger partial charge in [0.2, 0.25) is 11.7 Å². The summed E-state index contributed by atoms with van der Waals surface area (Å²) in [7, 11) is -19.8. The van der Waals surface area contributed by atoms with Gasteiger partial charge in [-0.2, -0.15) is 8.62 Å². The van der Waals surface area contributed by atoms with E-state index in [9.17, 15) is 67.5 Å². The number of phosphoric acid groups is 4. The number of hydrogen-bond acceptors (Lipinski definition) is 28. The van der Waals surface area contributed by atoms with E-state index in [0.29, 0.717) is 4.57 Å². The van der Waals surface area contributed by atoms with Crippen molar-refractivity contribution < 1.29 is 108 Å². The predicted octanol–water partition coefficient (Wildman–Crippen LogP) is -4.61. The van der Waals surface area contributed by atoms with E-state index in [1.54, 1.807) is 0 Å². The van der Waals surface area contributed by atoms with Crippen molar-refractivity contribution in [3.05, 3.63) is 62.4 Å². The van der Waals surface area contributed by atoms with Gasteiger partial charge in [-0.1, -0.05) is 4.98 Å². The second kappa shape index (κ2) is 21.4. The van der Waals surface area contributed by atoms with E-state index < -0.39 is 141 Å². The van der Waals surface area contributed by atoms with Crippen molar-refractivity contribution in [2.24, 2.45) is 13.0 Å². The normalized spacial score (nSPS) is 30.6. The minimum Gasteiger partial charge on any atom is -0.756 e. The lowest BCUT2D eigenvalue weighted by molar-refractivity contribution is -0.745. The molecule has 12 N–H and O–H groups in total. The summed E-state index contributed by atoms with van der Waals surface area (Å²) in [6.07, 6.45) is -13.6. The first kappa shape index (κ1) is 55.6. The number of imidazole rings is 2. The standard InChI is InChI=1S/C33H46N12O25P4/c1-42-12-45(27-19(42)28(50)41-32(35)40-27)29-20(47)13(6-60-2)14(65-29)7-63-72(54,55)69-74(58,59)70-73(56,57)64-9-16-23(24(61-3)31(67-16)44-11-38-18-25(34)36-10-37-26(18)44)68-71(52,53)62-8-15-21(48)22(49)30(66-15)43-5-4-17(46)39-33(43)51/h4-5,10-16,20-24,29-31,47-49H,6-9H2,1-3H3,(H9-,34,35,36,37,39,40,41,46,50,51,52,53,54,55,56,57,58,59)/t13-,14-,15-,16-,20-,21-,22-,23-,24-,29?,30-,31-/m1/s1. The van der Waals surface area contributed by atoms with E-state index in [2.05, 4.69) is 33.5 Å². The number of fused-ring (bicyclic) bond motifs is 2. The number of nitrogens with two attached hydrogens (primary N) is 2. The fourth-order valence-electron chi connectivity index (χ4n) is 8.27. The van der Waals surface area contributed by atoms with Crippen molar-refractivity contribution >= 4 is 65.4 Å². The molecule has 41 heteroatoms. The molecule has 0 aromatic carbocycles. The number of aromatic nitrogens is 10. The molecular weight excluding hydrogens is 1090 g/mol. The maximum absolute atomic E-state index is 13.5. The Bertz CT molecular complexity index is 3260. The highest BCUT2D eigenvalue weighted by molar-refractivity contribution is 7.66. The molecule has 37 nitrogen and oxygen atoms in total. The molecule has 408 valence electrons. The molecule has 0 aliphatic carbocycles. The monoisotopic (exact) mass is 1130 g/mol. The molecule has 74 heavy (non-hydrogen) atoms. The number of aryl methyl sites for hydroxylation is 1. The molecule has 0 amide bonds. The van der Waals surface area contributed by atoms with E-state index in [1.807, 2.05) is 4.98 Å². The molecule has 8 rings (SSSR count). The Morgan fingerprint density at radius 3 is 2.12 bits per heavy atom. The number of ether oxygens (including phenoxy) is 5.